The normalized spacial score (nSPS) is 60.4. The maximum atomic E-state index is 2.60. The van der Waals surface area contributed by atoms with E-state index >= 15 is 0 Å². The lowest BCUT2D eigenvalue weighted by atomic mass is 9.63. The van der Waals surface area contributed by atoms with E-state index in [1.165, 1.54) is 6.42 Å². The Bertz CT molecular complexity index is 305. The van der Waals surface area contributed by atoms with Gasteiger partial charge in [-0.25, -0.2) is 0 Å². The maximum Gasteiger partial charge on any atom is -0.0321 e. The highest BCUT2D eigenvalue weighted by molar-refractivity contribution is 5.05. The van der Waals surface area contributed by atoms with Crippen LogP contribution in [0.25, 0.3) is 0 Å². The predicted octanol–water partition coefficient (Wildman–Crippen LogP) is 4.74. The molecule has 4 aliphatic rings. The summed E-state index contributed by atoms with van der Waals surface area (Å²) in [4.78, 5) is 0. The van der Waals surface area contributed by atoms with Crippen molar-refractivity contribution in [2.24, 2.45) is 47.3 Å². The molecule has 0 nitrogen and oxygen atoms in total. The van der Waals surface area contributed by atoms with Crippen LogP contribution in [0.3, 0.4) is 0 Å². The molecule has 0 aliphatic heterocycles. The summed E-state index contributed by atoms with van der Waals surface area (Å²) in [6.07, 6.45) is 11.0. The minimum Gasteiger partial charge on any atom is -0.0651 e. The van der Waals surface area contributed by atoms with E-state index in [0.717, 1.165) is 47.3 Å². The molecule has 0 spiro atoms. The molecular formula is C17H28. The van der Waals surface area contributed by atoms with Crippen molar-refractivity contribution in [1.29, 1.82) is 0 Å². The maximum absolute atomic E-state index is 2.60. The van der Waals surface area contributed by atoms with Gasteiger partial charge in [0.2, 0.25) is 0 Å². The highest BCUT2D eigenvalue weighted by atomic mass is 14.6. The third-order valence-corrected chi connectivity index (χ3v) is 7.48. The second kappa shape index (κ2) is 3.75. The van der Waals surface area contributed by atoms with Crippen molar-refractivity contribution >= 4 is 0 Å². The van der Waals surface area contributed by atoms with Crippen molar-refractivity contribution in [1.82, 2.24) is 0 Å². The predicted molar refractivity (Wildman–Crippen MR) is 71.6 cm³/mol. The molecule has 0 heterocycles. The number of rotatable bonds is 2. The van der Waals surface area contributed by atoms with Crippen LogP contribution in [0.15, 0.2) is 0 Å². The zero-order valence-electron chi connectivity index (χ0n) is 11.6. The molecular weight excluding hydrogens is 204 g/mol. The van der Waals surface area contributed by atoms with Gasteiger partial charge in [0.05, 0.1) is 0 Å². The smallest absolute Gasteiger partial charge is 0.0321 e. The summed E-state index contributed by atoms with van der Waals surface area (Å²) in [5, 5.41) is 0. The third-order valence-electron chi connectivity index (χ3n) is 7.48. The quantitative estimate of drug-likeness (QED) is 0.645. The van der Waals surface area contributed by atoms with E-state index < -0.39 is 0 Å². The second-order valence-electron chi connectivity index (χ2n) is 7.75. The summed E-state index contributed by atoms with van der Waals surface area (Å²) in [6.45, 7) is 5.07. The van der Waals surface area contributed by atoms with Gasteiger partial charge in [-0.3, -0.25) is 0 Å². The van der Waals surface area contributed by atoms with Crippen LogP contribution >= 0.6 is 0 Å². The molecule has 0 heteroatoms. The van der Waals surface area contributed by atoms with E-state index in [4.69, 9.17) is 0 Å². The third kappa shape index (κ3) is 1.36. The van der Waals surface area contributed by atoms with Crippen LogP contribution in [0.4, 0.5) is 0 Å². The van der Waals surface area contributed by atoms with Gasteiger partial charge in [0.15, 0.2) is 0 Å². The van der Waals surface area contributed by atoms with Crippen LogP contribution in [-0.2, 0) is 0 Å². The monoisotopic (exact) mass is 232 g/mol. The molecule has 4 fully saturated rings. The van der Waals surface area contributed by atoms with E-state index in [1.807, 2.05) is 0 Å². The molecule has 4 aliphatic carbocycles. The summed E-state index contributed by atoms with van der Waals surface area (Å²) in [5.74, 6) is 9.07. The van der Waals surface area contributed by atoms with Gasteiger partial charge < -0.3 is 0 Å². The zero-order chi connectivity index (χ0) is 11.6. The second-order valence-corrected chi connectivity index (χ2v) is 7.75. The Kier molecular flexibility index (Phi) is 2.40. The first kappa shape index (κ1) is 10.9. The molecule has 0 aromatic rings. The number of hydrogen-bond donors (Lipinski definition) is 0. The van der Waals surface area contributed by atoms with Gasteiger partial charge in [-0.2, -0.15) is 0 Å². The van der Waals surface area contributed by atoms with Crippen molar-refractivity contribution in [3.8, 4) is 0 Å². The standard InChI is InChI=1S/C17H28/c1-3-15-12-5-7-14(9-12)17(15)16-10(2)11-4-6-13(16)8-11/h10-17H,3-9H2,1-2H3/t10-,11+,12-,13+,14+,15-,16-,17+/m0/s1. The lowest BCUT2D eigenvalue weighted by Gasteiger charge is -2.41. The first-order chi connectivity index (χ1) is 8.29. The van der Waals surface area contributed by atoms with Gasteiger partial charge in [0.1, 0.15) is 0 Å². The minimum atomic E-state index is 1.08. The number of hydrogen-bond acceptors (Lipinski definition) is 0. The van der Waals surface area contributed by atoms with Crippen LogP contribution in [0, 0.1) is 47.3 Å². The van der Waals surface area contributed by atoms with Crippen LogP contribution in [0.2, 0.25) is 0 Å². The van der Waals surface area contributed by atoms with E-state index in [9.17, 15) is 0 Å². The van der Waals surface area contributed by atoms with E-state index in [1.54, 1.807) is 38.5 Å². The van der Waals surface area contributed by atoms with Crippen LogP contribution in [-0.4, -0.2) is 0 Å². The molecule has 17 heavy (non-hydrogen) atoms. The van der Waals surface area contributed by atoms with E-state index in [0.29, 0.717) is 0 Å². The molecule has 8 atom stereocenters. The summed E-state index contributed by atoms with van der Waals surface area (Å²) < 4.78 is 0. The topological polar surface area (TPSA) is 0 Å². The fourth-order valence-electron chi connectivity index (χ4n) is 6.95. The molecule has 4 saturated carbocycles. The molecule has 0 N–H and O–H groups in total. The van der Waals surface area contributed by atoms with Gasteiger partial charge in [-0.1, -0.05) is 20.3 Å². The molecule has 4 rings (SSSR count). The van der Waals surface area contributed by atoms with Gasteiger partial charge in [-0.05, 0) is 85.9 Å². The Labute approximate surface area is 107 Å². The van der Waals surface area contributed by atoms with Crippen LogP contribution in [0.1, 0.15) is 58.8 Å². The van der Waals surface area contributed by atoms with Gasteiger partial charge >= 0.3 is 0 Å². The first-order valence-electron chi connectivity index (χ1n) is 8.29. The molecule has 0 saturated heterocycles. The SMILES string of the molecule is CC[C@H]1[C@H]2CC[C@H](C2)[C@H]1[C@@H]1[C@@H]2CC[C@H](C2)[C@@H]1C. The fourth-order valence-corrected chi connectivity index (χ4v) is 6.95. The Balaban J connectivity index is 1.62. The highest BCUT2D eigenvalue weighted by Gasteiger charge is 2.56. The average Bonchev–Trinajstić information content (AvgIpc) is 3.07. The molecule has 96 valence electrons. The van der Waals surface area contributed by atoms with Crippen LogP contribution < -0.4 is 0 Å². The van der Waals surface area contributed by atoms with Gasteiger partial charge in [0, 0.05) is 0 Å². The summed E-state index contributed by atoms with van der Waals surface area (Å²) in [6, 6.07) is 0. The average molecular weight is 232 g/mol. The van der Waals surface area contributed by atoms with E-state index in [2.05, 4.69) is 13.8 Å². The molecule has 0 unspecified atom stereocenters. The molecule has 0 amide bonds. The van der Waals surface area contributed by atoms with Crippen molar-refractivity contribution in [2.45, 2.75) is 58.8 Å². The minimum absolute atomic E-state index is 1.08. The molecule has 0 radical (unpaired) electrons. The van der Waals surface area contributed by atoms with Crippen molar-refractivity contribution < 1.29 is 0 Å². The Morgan fingerprint density at radius 3 is 2.00 bits per heavy atom. The Hall–Kier alpha value is 0. The van der Waals surface area contributed by atoms with E-state index in [-0.39, 0.29) is 0 Å². The van der Waals surface area contributed by atoms with Gasteiger partial charge in [-0.15, -0.1) is 0 Å². The lowest BCUT2D eigenvalue weighted by Crippen LogP contribution is -2.35. The zero-order valence-corrected chi connectivity index (χ0v) is 11.6. The highest BCUT2D eigenvalue weighted by Crippen LogP contribution is 2.64. The summed E-state index contributed by atoms with van der Waals surface area (Å²) in [7, 11) is 0. The Morgan fingerprint density at radius 1 is 0.765 bits per heavy atom. The summed E-state index contributed by atoms with van der Waals surface area (Å²) >= 11 is 0. The lowest BCUT2D eigenvalue weighted by molar-refractivity contribution is 0.0681. The Morgan fingerprint density at radius 2 is 1.35 bits per heavy atom. The van der Waals surface area contributed by atoms with Gasteiger partial charge in [0.25, 0.3) is 0 Å². The fraction of sp³-hybridized carbons (Fsp3) is 1.00. The largest absolute Gasteiger partial charge is 0.0651 e. The molecule has 0 aromatic carbocycles. The van der Waals surface area contributed by atoms with Crippen molar-refractivity contribution in [3.63, 3.8) is 0 Å². The van der Waals surface area contributed by atoms with Crippen molar-refractivity contribution in [2.75, 3.05) is 0 Å². The first-order valence-corrected chi connectivity index (χ1v) is 8.29. The number of fused-ring (bicyclic) bond motifs is 4. The van der Waals surface area contributed by atoms with Crippen LogP contribution in [0.5, 0.6) is 0 Å². The molecule has 4 bridgehead atoms. The summed E-state index contributed by atoms with van der Waals surface area (Å²) in [5.41, 5.74) is 0. The van der Waals surface area contributed by atoms with Crippen molar-refractivity contribution in [3.05, 3.63) is 0 Å². The molecule has 0 aromatic heterocycles.